The fourth-order valence-corrected chi connectivity index (χ4v) is 3.05. The molecule has 1 saturated carbocycles. The van der Waals surface area contributed by atoms with Gasteiger partial charge in [0.05, 0.1) is 12.4 Å². The van der Waals surface area contributed by atoms with Crippen LogP contribution in [0.2, 0.25) is 0 Å². The number of nitrogens with zero attached hydrogens (tertiary/aromatic N) is 2. The first-order valence-electron chi connectivity index (χ1n) is 6.27. The fraction of sp³-hybridized carbons (Fsp3) is 0.571. The van der Waals surface area contributed by atoms with Crippen LogP contribution in [0, 0.1) is 23.2 Å². The van der Waals surface area contributed by atoms with Crippen LogP contribution in [0.5, 0.6) is 0 Å². The van der Waals surface area contributed by atoms with Crippen molar-refractivity contribution in [3.8, 4) is 6.07 Å². The maximum Gasteiger partial charge on any atom is 0.227 e. The van der Waals surface area contributed by atoms with Crippen LogP contribution in [0.1, 0.15) is 20.8 Å². The van der Waals surface area contributed by atoms with E-state index in [0.717, 1.165) is 0 Å². The molecule has 4 nitrogen and oxygen atoms in total. The summed E-state index contributed by atoms with van der Waals surface area (Å²) in [6.07, 6.45) is 5.90. The van der Waals surface area contributed by atoms with E-state index in [0.29, 0.717) is 17.4 Å². The SMILES string of the molecule is CC(C)OC1=N[C@]2(C)[C@@H]3OC=C[C@@H]3[C@@H]2C=C1C#N. The molecule has 3 aliphatic rings. The molecule has 2 heterocycles. The summed E-state index contributed by atoms with van der Waals surface area (Å²) in [4.78, 5) is 4.66. The number of nitriles is 1. The van der Waals surface area contributed by atoms with Gasteiger partial charge in [-0.1, -0.05) is 6.08 Å². The molecule has 2 aliphatic heterocycles. The molecular formula is C14H16N2O2. The molecule has 0 aromatic heterocycles. The molecule has 1 fully saturated rings. The maximum absolute atomic E-state index is 9.20. The second kappa shape index (κ2) is 3.61. The number of hydrogen-bond donors (Lipinski definition) is 0. The number of aliphatic imine (C=N–C) groups is 1. The van der Waals surface area contributed by atoms with Gasteiger partial charge >= 0.3 is 0 Å². The highest BCUT2D eigenvalue weighted by molar-refractivity contribution is 5.99. The Hall–Kier alpha value is -1.76. The highest BCUT2D eigenvalue weighted by Crippen LogP contribution is 2.54. The molecule has 0 N–H and O–H groups in total. The second-order valence-corrected chi connectivity index (χ2v) is 5.49. The first-order valence-corrected chi connectivity index (χ1v) is 6.27. The third-order valence-electron chi connectivity index (χ3n) is 3.93. The lowest BCUT2D eigenvalue weighted by Crippen LogP contribution is -2.63. The minimum atomic E-state index is -0.293. The Morgan fingerprint density at radius 1 is 1.56 bits per heavy atom. The van der Waals surface area contributed by atoms with Gasteiger partial charge in [0, 0.05) is 11.8 Å². The fourth-order valence-electron chi connectivity index (χ4n) is 3.05. The highest BCUT2D eigenvalue weighted by atomic mass is 16.5. The van der Waals surface area contributed by atoms with Crippen LogP contribution in [-0.4, -0.2) is 23.6 Å². The number of fused-ring (bicyclic) bond motifs is 4. The van der Waals surface area contributed by atoms with Gasteiger partial charge in [-0.15, -0.1) is 0 Å². The zero-order valence-electron chi connectivity index (χ0n) is 10.8. The molecule has 0 aromatic carbocycles. The Bertz CT molecular complexity index is 512. The summed E-state index contributed by atoms with van der Waals surface area (Å²) in [5, 5.41) is 9.20. The lowest BCUT2D eigenvalue weighted by molar-refractivity contribution is -0.0570. The van der Waals surface area contributed by atoms with Gasteiger partial charge in [-0.25, -0.2) is 4.99 Å². The molecule has 1 aliphatic carbocycles. The van der Waals surface area contributed by atoms with E-state index in [1.54, 1.807) is 6.26 Å². The highest BCUT2D eigenvalue weighted by Gasteiger charge is 2.62. The average molecular weight is 244 g/mol. The average Bonchev–Trinajstić information content (AvgIpc) is 2.74. The van der Waals surface area contributed by atoms with Crippen molar-refractivity contribution >= 4 is 5.90 Å². The van der Waals surface area contributed by atoms with E-state index in [1.165, 1.54) is 0 Å². The molecule has 0 saturated heterocycles. The van der Waals surface area contributed by atoms with E-state index < -0.39 is 0 Å². The summed E-state index contributed by atoms with van der Waals surface area (Å²) in [5.74, 6) is 1.05. The lowest BCUT2D eigenvalue weighted by Gasteiger charge is -2.53. The van der Waals surface area contributed by atoms with Gasteiger partial charge in [-0.3, -0.25) is 0 Å². The van der Waals surface area contributed by atoms with Crippen LogP contribution in [0.3, 0.4) is 0 Å². The monoisotopic (exact) mass is 244 g/mol. The first kappa shape index (κ1) is 11.3. The first-order chi connectivity index (χ1) is 8.56. The lowest BCUT2D eigenvalue weighted by atomic mass is 9.57. The molecule has 0 spiro atoms. The van der Waals surface area contributed by atoms with Gasteiger partial charge in [0.1, 0.15) is 23.3 Å². The zero-order chi connectivity index (χ0) is 12.9. The van der Waals surface area contributed by atoms with Crippen molar-refractivity contribution < 1.29 is 9.47 Å². The van der Waals surface area contributed by atoms with Crippen molar-refractivity contribution in [3.05, 3.63) is 24.0 Å². The van der Waals surface area contributed by atoms with E-state index in [4.69, 9.17) is 9.47 Å². The minimum Gasteiger partial charge on any atom is -0.495 e. The summed E-state index contributed by atoms with van der Waals surface area (Å²) in [6.45, 7) is 5.94. The molecule has 18 heavy (non-hydrogen) atoms. The van der Waals surface area contributed by atoms with Crippen molar-refractivity contribution in [2.75, 3.05) is 0 Å². The second-order valence-electron chi connectivity index (χ2n) is 5.49. The summed E-state index contributed by atoms with van der Waals surface area (Å²) >= 11 is 0. The van der Waals surface area contributed by atoms with E-state index in [-0.39, 0.29) is 23.7 Å². The summed E-state index contributed by atoms with van der Waals surface area (Å²) in [5.41, 5.74) is 0.253. The Kier molecular flexibility index (Phi) is 2.28. The van der Waals surface area contributed by atoms with Gasteiger partial charge in [0.15, 0.2) is 0 Å². The van der Waals surface area contributed by atoms with Crippen LogP contribution in [-0.2, 0) is 9.47 Å². The third kappa shape index (κ3) is 1.34. The predicted octanol–water partition coefficient (Wildman–Crippen LogP) is 2.19. The normalized spacial score (nSPS) is 39.8. The molecule has 0 bridgehead atoms. The quantitative estimate of drug-likeness (QED) is 0.710. The summed E-state index contributed by atoms with van der Waals surface area (Å²) in [7, 11) is 0. The van der Waals surface area contributed by atoms with Crippen molar-refractivity contribution in [1.29, 1.82) is 5.26 Å². The van der Waals surface area contributed by atoms with Gasteiger partial charge in [-0.2, -0.15) is 5.26 Å². The van der Waals surface area contributed by atoms with Gasteiger partial charge < -0.3 is 9.47 Å². The molecule has 4 heteroatoms. The van der Waals surface area contributed by atoms with Gasteiger partial charge in [0.2, 0.25) is 5.90 Å². The van der Waals surface area contributed by atoms with Crippen LogP contribution in [0.25, 0.3) is 0 Å². The van der Waals surface area contributed by atoms with E-state index in [9.17, 15) is 5.26 Å². The molecule has 0 radical (unpaired) electrons. The van der Waals surface area contributed by atoms with Gasteiger partial charge in [0.25, 0.3) is 0 Å². The van der Waals surface area contributed by atoms with Crippen LogP contribution in [0.4, 0.5) is 0 Å². The third-order valence-corrected chi connectivity index (χ3v) is 3.93. The summed E-state index contributed by atoms with van der Waals surface area (Å²) < 4.78 is 11.2. The van der Waals surface area contributed by atoms with E-state index >= 15 is 0 Å². The standard InChI is InChI=1S/C14H16N2O2/c1-8(2)18-13-9(7-15)6-11-10-4-5-17-12(10)14(11,3)16-13/h4-6,8,10-12H,1-3H3/t10-,11+,12-,14+/m1/s1. The summed E-state index contributed by atoms with van der Waals surface area (Å²) in [6, 6.07) is 2.18. The number of hydrogen-bond acceptors (Lipinski definition) is 4. The largest absolute Gasteiger partial charge is 0.495 e. The molecule has 0 unspecified atom stereocenters. The Balaban J connectivity index is 1.95. The van der Waals surface area contributed by atoms with E-state index in [2.05, 4.69) is 24.1 Å². The van der Waals surface area contributed by atoms with E-state index in [1.807, 2.05) is 19.9 Å². The molecule has 0 amide bonds. The Morgan fingerprint density at radius 3 is 3.00 bits per heavy atom. The van der Waals surface area contributed by atoms with Crippen molar-refractivity contribution in [2.24, 2.45) is 16.8 Å². The molecule has 3 rings (SSSR count). The van der Waals surface area contributed by atoms with Crippen LogP contribution >= 0.6 is 0 Å². The smallest absolute Gasteiger partial charge is 0.227 e. The van der Waals surface area contributed by atoms with Crippen molar-refractivity contribution in [1.82, 2.24) is 0 Å². The van der Waals surface area contributed by atoms with Crippen molar-refractivity contribution in [2.45, 2.75) is 38.5 Å². The maximum atomic E-state index is 9.20. The van der Waals surface area contributed by atoms with Crippen LogP contribution in [0.15, 0.2) is 29.0 Å². The molecule has 4 atom stereocenters. The molecule has 0 aromatic rings. The number of ether oxygens (including phenoxy) is 2. The van der Waals surface area contributed by atoms with Gasteiger partial charge in [-0.05, 0) is 26.8 Å². The zero-order valence-corrected chi connectivity index (χ0v) is 10.8. The van der Waals surface area contributed by atoms with Crippen LogP contribution < -0.4 is 0 Å². The van der Waals surface area contributed by atoms with Crippen molar-refractivity contribution in [3.63, 3.8) is 0 Å². The topological polar surface area (TPSA) is 54.6 Å². The Labute approximate surface area is 107 Å². The number of dihydropyridines is 1. The number of rotatable bonds is 1. The molecule has 94 valence electrons. The minimum absolute atomic E-state index is 0.0131. The molecular weight excluding hydrogens is 228 g/mol. The Morgan fingerprint density at radius 2 is 2.33 bits per heavy atom. The predicted molar refractivity (Wildman–Crippen MR) is 66.8 cm³/mol.